The van der Waals surface area contributed by atoms with Gasteiger partial charge in [-0.15, -0.1) is 0 Å². The average molecular weight is 173 g/mol. The molecule has 0 aliphatic heterocycles. The number of benzene rings is 1. The Kier molecular flexibility index (Phi) is 3.22. The summed E-state index contributed by atoms with van der Waals surface area (Å²) < 4.78 is 0. The van der Waals surface area contributed by atoms with E-state index in [2.05, 4.69) is 0 Å². The van der Waals surface area contributed by atoms with Gasteiger partial charge in [0, 0.05) is 5.56 Å². The zero-order valence-electron chi connectivity index (χ0n) is 7.53. The van der Waals surface area contributed by atoms with Crippen LogP contribution in [0.5, 0.6) is 0 Å². The van der Waals surface area contributed by atoms with Crippen molar-refractivity contribution in [2.24, 2.45) is 5.92 Å². The summed E-state index contributed by atoms with van der Waals surface area (Å²) >= 11 is 0. The number of carbonyl (C=O) groups excluding carboxylic acids is 1. The standard InChI is InChI=1S/C11H11NO/c1-2-9(8-12)11(13)10-6-4-3-5-7-10/h3-7,9H,2H2,1H3/t9-/m1/s1. The first-order valence-corrected chi connectivity index (χ1v) is 4.28. The summed E-state index contributed by atoms with van der Waals surface area (Å²) in [7, 11) is 0. The van der Waals surface area contributed by atoms with Crippen molar-refractivity contribution in [2.75, 3.05) is 0 Å². The highest BCUT2D eigenvalue weighted by molar-refractivity contribution is 5.99. The van der Waals surface area contributed by atoms with Gasteiger partial charge in [-0.3, -0.25) is 4.79 Å². The van der Waals surface area contributed by atoms with Crippen molar-refractivity contribution in [1.29, 1.82) is 5.26 Å². The first kappa shape index (κ1) is 9.47. The molecule has 0 bridgehead atoms. The van der Waals surface area contributed by atoms with Crippen molar-refractivity contribution in [3.05, 3.63) is 35.9 Å². The minimum atomic E-state index is -0.498. The second kappa shape index (κ2) is 4.42. The minimum absolute atomic E-state index is 0.0781. The second-order valence-electron chi connectivity index (χ2n) is 2.82. The van der Waals surface area contributed by atoms with E-state index in [9.17, 15) is 4.79 Å². The van der Waals surface area contributed by atoms with Crippen molar-refractivity contribution in [3.8, 4) is 6.07 Å². The molecule has 66 valence electrons. The van der Waals surface area contributed by atoms with Crippen LogP contribution in [-0.4, -0.2) is 5.78 Å². The fraction of sp³-hybridized carbons (Fsp3) is 0.273. The lowest BCUT2D eigenvalue weighted by atomic mass is 9.97. The number of nitriles is 1. The Hall–Kier alpha value is -1.62. The molecule has 13 heavy (non-hydrogen) atoms. The van der Waals surface area contributed by atoms with Gasteiger partial charge in [0.2, 0.25) is 0 Å². The average Bonchev–Trinajstić information content (AvgIpc) is 2.21. The van der Waals surface area contributed by atoms with Crippen molar-refractivity contribution in [1.82, 2.24) is 0 Å². The maximum absolute atomic E-state index is 11.6. The highest BCUT2D eigenvalue weighted by Gasteiger charge is 2.16. The SMILES string of the molecule is CC[C@H](C#N)C(=O)c1ccccc1. The number of nitrogens with zero attached hydrogens (tertiary/aromatic N) is 1. The number of rotatable bonds is 3. The Morgan fingerprint density at radius 1 is 1.46 bits per heavy atom. The molecule has 0 aliphatic carbocycles. The predicted octanol–water partition coefficient (Wildman–Crippen LogP) is 2.42. The predicted molar refractivity (Wildman–Crippen MR) is 50.2 cm³/mol. The lowest BCUT2D eigenvalue weighted by Crippen LogP contribution is -2.11. The van der Waals surface area contributed by atoms with Gasteiger partial charge in [-0.05, 0) is 6.42 Å². The lowest BCUT2D eigenvalue weighted by molar-refractivity contribution is 0.0946. The quantitative estimate of drug-likeness (QED) is 0.658. The van der Waals surface area contributed by atoms with Crippen LogP contribution in [-0.2, 0) is 0 Å². The fourth-order valence-electron chi connectivity index (χ4n) is 1.14. The third-order valence-electron chi connectivity index (χ3n) is 1.94. The summed E-state index contributed by atoms with van der Waals surface area (Å²) in [5, 5.41) is 8.69. The van der Waals surface area contributed by atoms with E-state index < -0.39 is 5.92 Å². The Labute approximate surface area is 77.8 Å². The van der Waals surface area contributed by atoms with Crippen LogP contribution in [0.15, 0.2) is 30.3 Å². The molecule has 1 rings (SSSR count). The van der Waals surface area contributed by atoms with Gasteiger partial charge in [0.15, 0.2) is 5.78 Å². The molecule has 1 aromatic rings. The van der Waals surface area contributed by atoms with Gasteiger partial charge < -0.3 is 0 Å². The molecule has 1 aromatic carbocycles. The van der Waals surface area contributed by atoms with Gasteiger partial charge >= 0.3 is 0 Å². The first-order valence-electron chi connectivity index (χ1n) is 4.28. The van der Waals surface area contributed by atoms with Gasteiger partial charge in [-0.25, -0.2) is 0 Å². The van der Waals surface area contributed by atoms with Gasteiger partial charge in [-0.1, -0.05) is 37.3 Å². The Bertz CT molecular complexity index is 324. The topological polar surface area (TPSA) is 40.9 Å². The van der Waals surface area contributed by atoms with Crippen LogP contribution in [0.3, 0.4) is 0 Å². The first-order chi connectivity index (χ1) is 6.29. The molecule has 2 nitrogen and oxygen atoms in total. The van der Waals surface area contributed by atoms with Crippen LogP contribution < -0.4 is 0 Å². The molecule has 0 fully saturated rings. The van der Waals surface area contributed by atoms with E-state index in [1.54, 1.807) is 24.3 Å². The summed E-state index contributed by atoms with van der Waals surface area (Å²) in [6.45, 7) is 1.84. The Morgan fingerprint density at radius 2 is 2.08 bits per heavy atom. The van der Waals surface area contributed by atoms with Crippen LogP contribution >= 0.6 is 0 Å². The molecule has 0 heterocycles. The molecule has 2 heteroatoms. The maximum Gasteiger partial charge on any atom is 0.179 e. The molecule has 0 amide bonds. The van der Waals surface area contributed by atoms with Gasteiger partial charge in [0.05, 0.1) is 6.07 Å². The number of ketones is 1. The normalized spacial score (nSPS) is 11.7. The van der Waals surface area contributed by atoms with E-state index in [1.165, 1.54) is 0 Å². The van der Waals surface area contributed by atoms with Crippen LogP contribution in [0.4, 0.5) is 0 Å². The van der Waals surface area contributed by atoms with Crippen LogP contribution in [0, 0.1) is 17.2 Å². The number of carbonyl (C=O) groups is 1. The molecular formula is C11H11NO. The second-order valence-corrected chi connectivity index (χ2v) is 2.82. The summed E-state index contributed by atoms with van der Waals surface area (Å²) in [6.07, 6.45) is 0.574. The largest absolute Gasteiger partial charge is 0.293 e. The summed E-state index contributed by atoms with van der Waals surface area (Å²) in [6, 6.07) is 10.9. The Morgan fingerprint density at radius 3 is 2.54 bits per heavy atom. The molecule has 0 radical (unpaired) electrons. The minimum Gasteiger partial charge on any atom is -0.293 e. The summed E-state index contributed by atoms with van der Waals surface area (Å²) in [4.78, 5) is 11.6. The van der Waals surface area contributed by atoms with Crippen molar-refractivity contribution >= 4 is 5.78 Å². The lowest BCUT2D eigenvalue weighted by Gasteiger charge is -2.03. The number of hydrogen-bond donors (Lipinski definition) is 0. The third-order valence-corrected chi connectivity index (χ3v) is 1.94. The molecular weight excluding hydrogens is 162 g/mol. The smallest absolute Gasteiger partial charge is 0.179 e. The van der Waals surface area contributed by atoms with E-state index in [0.717, 1.165) is 0 Å². The van der Waals surface area contributed by atoms with Crippen LogP contribution in [0.2, 0.25) is 0 Å². The highest BCUT2D eigenvalue weighted by Crippen LogP contribution is 2.10. The van der Waals surface area contributed by atoms with Gasteiger partial charge in [0.1, 0.15) is 5.92 Å². The van der Waals surface area contributed by atoms with Gasteiger partial charge in [-0.2, -0.15) is 5.26 Å². The van der Waals surface area contributed by atoms with E-state index in [-0.39, 0.29) is 5.78 Å². The zero-order valence-corrected chi connectivity index (χ0v) is 7.53. The third kappa shape index (κ3) is 2.16. The monoisotopic (exact) mass is 173 g/mol. The molecule has 0 unspecified atom stereocenters. The molecule has 0 saturated carbocycles. The van der Waals surface area contributed by atoms with E-state index in [0.29, 0.717) is 12.0 Å². The molecule has 0 saturated heterocycles. The summed E-state index contributed by atoms with van der Waals surface area (Å²) in [5.74, 6) is -0.576. The highest BCUT2D eigenvalue weighted by atomic mass is 16.1. The fourth-order valence-corrected chi connectivity index (χ4v) is 1.14. The van der Waals surface area contributed by atoms with Gasteiger partial charge in [0.25, 0.3) is 0 Å². The van der Waals surface area contributed by atoms with Crippen LogP contribution in [0.25, 0.3) is 0 Å². The molecule has 0 aliphatic rings. The van der Waals surface area contributed by atoms with Crippen molar-refractivity contribution in [2.45, 2.75) is 13.3 Å². The molecule has 0 spiro atoms. The van der Waals surface area contributed by atoms with E-state index in [4.69, 9.17) is 5.26 Å². The Balaban J connectivity index is 2.86. The van der Waals surface area contributed by atoms with E-state index in [1.807, 2.05) is 19.1 Å². The van der Waals surface area contributed by atoms with Crippen molar-refractivity contribution < 1.29 is 4.79 Å². The van der Waals surface area contributed by atoms with Crippen molar-refractivity contribution in [3.63, 3.8) is 0 Å². The number of Topliss-reactive ketones (excluding diaryl/α,β-unsaturated/α-hetero) is 1. The summed E-state index contributed by atoms with van der Waals surface area (Å²) in [5.41, 5.74) is 0.621. The maximum atomic E-state index is 11.6. The number of hydrogen-bond acceptors (Lipinski definition) is 2. The van der Waals surface area contributed by atoms with E-state index >= 15 is 0 Å². The zero-order chi connectivity index (χ0) is 9.68. The molecule has 0 aromatic heterocycles. The molecule has 0 N–H and O–H groups in total. The van der Waals surface area contributed by atoms with Crippen LogP contribution in [0.1, 0.15) is 23.7 Å². The molecule has 1 atom stereocenters.